The summed E-state index contributed by atoms with van der Waals surface area (Å²) in [5.41, 5.74) is 6.06. The summed E-state index contributed by atoms with van der Waals surface area (Å²) in [5, 5.41) is 0. The van der Waals surface area contributed by atoms with Crippen molar-refractivity contribution in [2.75, 3.05) is 0 Å². The van der Waals surface area contributed by atoms with Crippen LogP contribution >= 0.6 is 12.4 Å². The largest absolute Gasteiger partial charge is 0.336 e. The number of hydrogen-bond donors (Lipinski definition) is 1. The van der Waals surface area contributed by atoms with Crippen LogP contribution in [0.2, 0.25) is 0 Å². The van der Waals surface area contributed by atoms with E-state index in [0.717, 1.165) is 31.6 Å². The molecule has 116 valence electrons. The minimum Gasteiger partial charge on any atom is -0.336 e. The van der Waals surface area contributed by atoms with Gasteiger partial charge in [0, 0.05) is 24.0 Å². The van der Waals surface area contributed by atoms with Crippen LogP contribution in [0.4, 0.5) is 0 Å². The molecule has 3 aliphatic rings. The summed E-state index contributed by atoms with van der Waals surface area (Å²) in [6, 6.07) is 1.26. The molecule has 5 unspecified atom stereocenters. The molecule has 0 aromatic rings. The van der Waals surface area contributed by atoms with Crippen LogP contribution in [0, 0.1) is 11.8 Å². The summed E-state index contributed by atoms with van der Waals surface area (Å²) in [6.45, 7) is 2.25. The van der Waals surface area contributed by atoms with Gasteiger partial charge in [-0.1, -0.05) is 19.3 Å². The summed E-state index contributed by atoms with van der Waals surface area (Å²) >= 11 is 0. The zero-order chi connectivity index (χ0) is 13.4. The third-order valence-corrected chi connectivity index (χ3v) is 5.66. The number of halogens is 1. The first kappa shape index (κ1) is 16.1. The average Bonchev–Trinajstić information content (AvgIpc) is 2.74. The summed E-state index contributed by atoms with van der Waals surface area (Å²) in [6.07, 6.45) is 10.7. The summed E-state index contributed by atoms with van der Waals surface area (Å²) in [5.74, 6) is 1.42. The molecule has 1 heterocycles. The van der Waals surface area contributed by atoms with E-state index in [1.165, 1.54) is 32.1 Å². The van der Waals surface area contributed by atoms with Crippen LogP contribution in [0.15, 0.2) is 0 Å². The quantitative estimate of drug-likeness (QED) is 0.809. The van der Waals surface area contributed by atoms with Crippen molar-refractivity contribution in [3.63, 3.8) is 0 Å². The Morgan fingerprint density at radius 1 is 1.05 bits per heavy atom. The van der Waals surface area contributed by atoms with E-state index in [1.54, 1.807) is 0 Å². The van der Waals surface area contributed by atoms with Gasteiger partial charge in [0.05, 0.1) is 0 Å². The lowest BCUT2D eigenvalue weighted by atomic mass is 9.83. The topological polar surface area (TPSA) is 46.3 Å². The molecule has 3 rings (SSSR count). The van der Waals surface area contributed by atoms with Crippen LogP contribution < -0.4 is 5.73 Å². The molecule has 0 radical (unpaired) electrons. The number of carbonyl (C=O) groups is 1. The molecule has 2 aliphatic carbocycles. The van der Waals surface area contributed by atoms with E-state index in [2.05, 4.69) is 11.8 Å². The molecule has 0 aromatic carbocycles. The summed E-state index contributed by atoms with van der Waals surface area (Å²) in [7, 11) is 0. The van der Waals surface area contributed by atoms with E-state index in [9.17, 15) is 4.79 Å². The van der Waals surface area contributed by atoms with Crippen molar-refractivity contribution in [2.24, 2.45) is 17.6 Å². The molecular weight excluding hydrogens is 272 g/mol. The molecule has 3 fully saturated rings. The third-order valence-electron chi connectivity index (χ3n) is 5.66. The minimum atomic E-state index is 0. The van der Waals surface area contributed by atoms with Crippen molar-refractivity contribution in [1.29, 1.82) is 0 Å². The Labute approximate surface area is 129 Å². The molecule has 4 heteroatoms. The van der Waals surface area contributed by atoms with Gasteiger partial charge < -0.3 is 10.6 Å². The highest BCUT2D eigenvalue weighted by atomic mass is 35.5. The zero-order valence-corrected chi connectivity index (χ0v) is 13.4. The first-order valence-corrected chi connectivity index (χ1v) is 8.24. The Morgan fingerprint density at radius 3 is 2.55 bits per heavy atom. The Bertz CT molecular complexity index is 349. The number of nitrogens with zero attached hydrogens (tertiary/aromatic N) is 1. The van der Waals surface area contributed by atoms with Crippen LogP contribution in [0.5, 0.6) is 0 Å². The van der Waals surface area contributed by atoms with Gasteiger partial charge in [0.25, 0.3) is 0 Å². The molecule has 20 heavy (non-hydrogen) atoms. The van der Waals surface area contributed by atoms with Crippen LogP contribution in [-0.2, 0) is 4.79 Å². The second-order valence-electron chi connectivity index (χ2n) is 7.07. The average molecular weight is 301 g/mol. The van der Waals surface area contributed by atoms with Crippen LogP contribution in [-0.4, -0.2) is 28.9 Å². The molecule has 5 atom stereocenters. The number of amides is 1. The smallest absolute Gasteiger partial charge is 0.226 e. The molecule has 1 amide bonds. The highest BCUT2D eigenvalue weighted by molar-refractivity contribution is 5.85. The van der Waals surface area contributed by atoms with Gasteiger partial charge in [-0.3, -0.25) is 4.79 Å². The fourth-order valence-corrected chi connectivity index (χ4v) is 4.75. The predicted octanol–water partition coefficient (Wildman–Crippen LogP) is 3.11. The van der Waals surface area contributed by atoms with Crippen molar-refractivity contribution < 1.29 is 4.79 Å². The number of hydrogen-bond acceptors (Lipinski definition) is 2. The van der Waals surface area contributed by atoms with Crippen LogP contribution in [0.25, 0.3) is 0 Å². The fourth-order valence-electron chi connectivity index (χ4n) is 4.75. The van der Waals surface area contributed by atoms with Crippen LogP contribution in [0.1, 0.15) is 64.7 Å². The number of fused-ring (bicyclic) bond motifs is 1. The maximum Gasteiger partial charge on any atom is 0.226 e. The van der Waals surface area contributed by atoms with Crippen molar-refractivity contribution in [3.8, 4) is 0 Å². The molecule has 0 spiro atoms. The molecule has 0 bridgehead atoms. The summed E-state index contributed by atoms with van der Waals surface area (Å²) < 4.78 is 0. The predicted molar refractivity (Wildman–Crippen MR) is 83.9 cm³/mol. The van der Waals surface area contributed by atoms with Gasteiger partial charge in [-0.2, -0.15) is 0 Å². The van der Waals surface area contributed by atoms with E-state index in [1.807, 2.05) is 0 Å². The highest BCUT2D eigenvalue weighted by Gasteiger charge is 2.44. The maximum absolute atomic E-state index is 12.9. The molecule has 2 N–H and O–H groups in total. The SMILES string of the molecule is CC1CC2CCCCC2N1C(=O)C1CCCC(N)C1.Cl. The molecule has 1 saturated heterocycles. The van der Waals surface area contributed by atoms with Gasteiger partial charge in [-0.05, 0) is 51.4 Å². The van der Waals surface area contributed by atoms with E-state index >= 15 is 0 Å². The van der Waals surface area contributed by atoms with Gasteiger partial charge in [0.2, 0.25) is 5.91 Å². The van der Waals surface area contributed by atoms with Gasteiger partial charge in [0.1, 0.15) is 0 Å². The monoisotopic (exact) mass is 300 g/mol. The second kappa shape index (κ2) is 6.65. The lowest BCUT2D eigenvalue weighted by molar-refractivity contribution is -0.140. The van der Waals surface area contributed by atoms with E-state index in [-0.39, 0.29) is 24.4 Å². The normalized spacial score (nSPS) is 40.9. The van der Waals surface area contributed by atoms with E-state index in [0.29, 0.717) is 18.0 Å². The molecular formula is C16H29ClN2O. The molecule has 2 saturated carbocycles. The van der Waals surface area contributed by atoms with Crippen molar-refractivity contribution >= 4 is 18.3 Å². The standard InChI is InChI=1S/C16H28N2O.ClH/c1-11-9-12-5-2-3-8-15(12)18(11)16(19)13-6-4-7-14(17)10-13;/h11-15H,2-10,17H2,1H3;1H. The zero-order valence-electron chi connectivity index (χ0n) is 12.6. The van der Waals surface area contributed by atoms with Gasteiger partial charge in [-0.15, -0.1) is 12.4 Å². The lowest BCUT2D eigenvalue weighted by Gasteiger charge is -2.37. The number of nitrogens with two attached hydrogens (primary N) is 1. The maximum atomic E-state index is 12.9. The van der Waals surface area contributed by atoms with Gasteiger partial charge >= 0.3 is 0 Å². The van der Waals surface area contributed by atoms with Crippen molar-refractivity contribution in [1.82, 2.24) is 4.90 Å². The molecule has 1 aliphatic heterocycles. The minimum absolute atomic E-state index is 0. The first-order valence-electron chi connectivity index (χ1n) is 8.24. The Hall–Kier alpha value is -0.280. The molecule has 0 aromatic heterocycles. The Morgan fingerprint density at radius 2 is 1.80 bits per heavy atom. The third kappa shape index (κ3) is 2.99. The lowest BCUT2D eigenvalue weighted by Crippen LogP contribution is -2.47. The second-order valence-corrected chi connectivity index (χ2v) is 7.07. The van der Waals surface area contributed by atoms with Crippen LogP contribution in [0.3, 0.4) is 0 Å². The number of carbonyl (C=O) groups excluding carboxylic acids is 1. The van der Waals surface area contributed by atoms with E-state index in [4.69, 9.17) is 5.73 Å². The van der Waals surface area contributed by atoms with Gasteiger partial charge in [0.15, 0.2) is 0 Å². The number of likely N-dealkylation sites (tertiary alicyclic amines) is 1. The highest BCUT2D eigenvalue weighted by Crippen LogP contribution is 2.41. The van der Waals surface area contributed by atoms with Crippen molar-refractivity contribution in [3.05, 3.63) is 0 Å². The number of rotatable bonds is 1. The molecule has 3 nitrogen and oxygen atoms in total. The van der Waals surface area contributed by atoms with E-state index < -0.39 is 0 Å². The Balaban J connectivity index is 0.00000147. The van der Waals surface area contributed by atoms with Gasteiger partial charge in [-0.25, -0.2) is 0 Å². The Kier molecular flexibility index (Phi) is 5.36. The first-order chi connectivity index (χ1) is 9.16. The fraction of sp³-hybridized carbons (Fsp3) is 0.938. The summed E-state index contributed by atoms with van der Waals surface area (Å²) in [4.78, 5) is 15.2. The van der Waals surface area contributed by atoms with Crippen molar-refractivity contribution in [2.45, 2.75) is 82.8 Å².